The zero-order valence-electron chi connectivity index (χ0n) is 8.12. The van der Waals surface area contributed by atoms with Crippen LogP contribution >= 0.6 is 34.8 Å². The van der Waals surface area contributed by atoms with Gasteiger partial charge in [-0.1, -0.05) is 40.9 Å². The van der Waals surface area contributed by atoms with Crippen LogP contribution in [0.15, 0.2) is 30.5 Å². The molecule has 2 aromatic heterocycles. The molecule has 5 heteroatoms. The molecule has 0 radical (unpaired) electrons. The third kappa shape index (κ3) is 2.64. The van der Waals surface area contributed by atoms with Crippen molar-refractivity contribution in [3.8, 4) is 0 Å². The Hall–Kier alpha value is -0.830. The molecular weight excluding hydrogens is 266 g/mol. The fourth-order valence-corrected chi connectivity index (χ4v) is 1.86. The Labute approximate surface area is 108 Å². The van der Waals surface area contributed by atoms with E-state index in [1.54, 1.807) is 12.3 Å². The molecule has 0 fully saturated rings. The lowest BCUT2D eigenvalue weighted by Crippen LogP contribution is -1.96. The van der Waals surface area contributed by atoms with Crippen LogP contribution in [0.4, 0.5) is 0 Å². The van der Waals surface area contributed by atoms with Gasteiger partial charge in [-0.05, 0) is 18.2 Å². The molecule has 0 atom stereocenters. The van der Waals surface area contributed by atoms with E-state index in [0.29, 0.717) is 22.2 Å². The Morgan fingerprint density at radius 1 is 1.06 bits per heavy atom. The molecule has 2 nitrogen and oxygen atoms in total. The van der Waals surface area contributed by atoms with E-state index < -0.39 is 0 Å². The Morgan fingerprint density at radius 2 is 1.88 bits per heavy atom. The summed E-state index contributed by atoms with van der Waals surface area (Å²) in [5.74, 6) is 0. The molecule has 0 saturated heterocycles. The van der Waals surface area contributed by atoms with Gasteiger partial charge < -0.3 is 0 Å². The van der Waals surface area contributed by atoms with Crippen LogP contribution < -0.4 is 0 Å². The van der Waals surface area contributed by atoms with Crippen LogP contribution in [0.3, 0.4) is 0 Å². The molecule has 0 N–H and O–H groups in total. The van der Waals surface area contributed by atoms with Gasteiger partial charge in [0.05, 0.1) is 15.7 Å². The first-order chi connectivity index (χ1) is 7.66. The highest BCUT2D eigenvalue weighted by Crippen LogP contribution is 2.26. The molecule has 0 bridgehead atoms. The Kier molecular flexibility index (Phi) is 3.64. The molecule has 0 saturated carbocycles. The van der Waals surface area contributed by atoms with Crippen molar-refractivity contribution in [3.05, 3.63) is 57.0 Å². The minimum atomic E-state index is 0.261. The fourth-order valence-electron chi connectivity index (χ4n) is 1.28. The molecule has 16 heavy (non-hydrogen) atoms. The summed E-state index contributed by atoms with van der Waals surface area (Å²) >= 11 is 17.6. The fraction of sp³-hybridized carbons (Fsp3) is 0.0909. The van der Waals surface area contributed by atoms with Crippen LogP contribution in [-0.4, -0.2) is 9.97 Å². The smallest absolute Gasteiger partial charge is 0.148 e. The molecule has 0 aliphatic carbocycles. The van der Waals surface area contributed by atoms with Gasteiger partial charge in [-0.25, -0.2) is 4.98 Å². The van der Waals surface area contributed by atoms with Gasteiger partial charge in [-0.15, -0.1) is 0 Å². The van der Waals surface area contributed by atoms with E-state index in [1.807, 2.05) is 18.2 Å². The first kappa shape index (κ1) is 11.6. The van der Waals surface area contributed by atoms with E-state index >= 15 is 0 Å². The average molecular weight is 274 g/mol. The summed E-state index contributed by atoms with van der Waals surface area (Å²) in [5.41, 5.74) is 1.56. The van der Waals surface area contributed by atoms with Crippen molar-refractivity contribution in [3.63, 3.8) is 0 Å². The van der Waals surface area contributed by atoms with Crippen LogP contribution in [0.25, 0.3) is 0 Å². The van der Waals surface area contributed by atoms with Crippen LogP contribution in [0, 0.1) is 0 Å². The number of aromatic nitrogens is 2. The normalized spacial score (nSPS) is 10.4. The average Bonchev–Trinajstić information content (AvgIpc) is 2.27. The van der Waals surface area contributed by atoms with Gasteiger partial charge in [-0.2, -0.15) is 0 Å². The van der Waals surface area contributed by atoms with E-state index in [0.717, 1.165) is 5.69 Å². The van der Waals surface area contributed by atoms with Crippen molar-refractivity contribution in [2.24, 2.45) is 0 Å². The molecule has 82 valence electrons. The number of nitrogens with zero attached hydrogens (tertiary/aromatic N) is 2. The molecule has 0 unspecified atom stereocenters. The zero-order chi connectivity index (χ0) is 11.5. The summed E-state index contributed by atoms with van der Waals surface area (Å²) in [6.45, 7) is 0. The van der Waals surface area contributed by atoms with Gasteiger partial charge >= 0.3 is 0 Å². The summed E-state index contributed by atoms with van der Waals surface area (Å²) in [5, 5.41) is 1.12. The van der Waals surface area contributed by atoms with Crippen LogP contribution in [0.2, 0.25) is 15.2 Å². The molecule has 2 aromatic rings. The Balaban J connectivity index is 2.32. The minimum Gasteiger partial charge on any atom is -0.261 e. The zero-order valence-corrected chi connectivity index (χ0v) is 10.4. The second-order valence-electron chi connectivity index (χ2n) is 3.19. The first-order valence-corrected chi connectivity index (χ1v) is 5.70. The van der Waals surface area contributed by atoms with Crippen molar-refractivity contribution in [2.45, 2.75) is 6.42 Å². The van der Waals surface area contributed by atoms with E-state index in [4.69, 9.17) is 34.8 Å². The highest BCUT2D eigenvalue weighted by atomic mass is 35.5. The molecule has 0 aromatic carbocycles. The van der Waals surface area contributed by atoms with E-state index in [9.17, 15) is 0 Å². The monoisotopic (exact) mass is 272 g/mol. The van der Waals surface area contributed by atoms with Gasteiger partial charge in [0.25, 0.3) is 0 Å². The van der Waals surface area contributed by atoms with Gasteiger partial charge in [0.2, 0.25) is 0 Å². The second-order valence-corrected chi connectivity index (χ2v) is 4.36. The quantitative estimate of drug-likeness (QED) is 0.772. The lowest BCUT2D eigenvalue weighted by atomic mass is 10.2. The predicted octanol–water partition coefficient (Wildman–Crippen LogP) is 4.03. The van der Waals surface area contributed by atoms with Gasteiger partial charge in [-0.3, -0.25) is 4.98 Å². The maximum Gasteiger partial charge on any atom is 0.148 e. The molecule has 2 heterocycles. The molecule has 0 aliphatic rings. The van der Waals surface area contributed by atoms with Crippen LogP contribution in [0.1, 0.15) is 11.4 Å². The predicted molar refractivity (Wildman–Crippen MR) is 66.3 cm³/mol. The van der Waals surface area contributed by atoms with Gasteiger partial charge in [0.15, 0.2) is 0 Å². The van der Waals surface area contributed by atoms with Crippen molar-refractivity contribution in [1.82, 2.24) is 9.97 Å². The largest absolute Gasteiger partial charge is 0.261 e. The Bertz CT molecular complexity index is 500. The van der Waals surface area contributed by atoms with Crippen molar-refractivity contribution in [1.29, 1.82) is 0 Å². The summed E-state index contributed by atoms with van der Waals surface area (Å²) in [7, 11) is 0. The standard InChI is InChI=1S/C11H7Cl3N2/c12-8-6-9(13)11(14)16-10(8)5-7-3-1-2-4-15-7/h1-4,6H,5H2. The van der Waals surface area contributed by atoms with Crippen molar-refractivity contribution >= 4 is 34.8 Å². The summed E-state index contributed by atoms with van der Waals surface area (Å²) in [6.07, 6.45) is 2.26. The second kappa shape index (κ2) is 5.00. The maximum atomic E-state index is 6.02. The lowest BCUT2D eigenvalue weighted by molar-refractivity contribution is 1.01. The number of pyridine rings is 2. The number of halogens is 3. The summed E-state index contributed by atoms with van der Waals surface area (Å²) in [6, 6.07) is 7.26. The van der Waals surface area contributed by atoms with Crippen molar-refractivity contribution in [2.75, 3.05) is 0 Å². The Morgan fingerprint density at radius 3 is 2.56 bits per heavy atom. The third-order valence-electron chi connectivity index (χ3n) is 2.03. The summed E-state index contributed by atoms with van der Waals surface area (Å²) in [4.78, 5) is 8.32. The van der Waals surface area contributed by atoms with Crippen molar-refractivity contribution < 1.29 is 0 Å². The van der Waals surface area contributed by atoms with Crippen LogP contribution in [-0.2, 0) is 6.42 Å². The lowest BCUT2D eigenvalue weighted by Gasteiger charge is -2.04. The molecule has 0 aliphatic heterocycles. The maximum absolute atomic E-state index is 6.02. The van der Waals surface area contributed by atoms with E-state index in [-0.39, 0.29) is 5.15 Å². The first-order valence-electron chi connectivity index (χ1n) is 4.57. The van der Waals surface area contributed by atoms with E-state index in [1.165, 1.54) is 0 Å². The van der Waals surface area contributed by atoms with Gasteiger partial charge in [0.1, 0.15) is 5.15 Å². The third-order valence-corrected chi connectivity index (χ3v) is 3.03. The topological polar surface area (TPSA) is 25.8 Å². The minimum absolute atomic E-state index is 0.261. The number of hydrogen-bond acceptors (Lipinski definition) is 2. The highest BCUT2D eigenvalue weighted by molar-refractivity contribution is 6.42. The molecular formula is C11H7Cl3N2. The van der Waals surface area contributed by atoms with E-state index in [2.05, 4.69) is 9.97 Å². The number of hydrogen-bond donors (Lipinski definition) is 0. The molecule has 0 spiro atoms. The summed E-state index contributed by atoms with van der Waals surface area (Å²) < 4.78 is 0. The highest BCUT2D eigenvalue weighted by Gasteiger charge is 2.08. The number of rotatable bonds is 2. The van der Waals surface area contributed by atoms with Gasteiger partial charge in [0, 0.05) is 18.3 Å². The molecule has 2 rings (SSSR count). The SMILES string of the molecule is Clc1cc(Cl)c(Cc2ccccn2)nc1Cl. The van der Waals surface area contributed by atoms with Crippen LogP contribution in [0.5, 0.6) is 0 Å². The molecule has 0 amide bonds.